The van der Waals surface area contributed by atoms with Crippen molar-refractivity contribution in [3.63, 3.8) is 0 Å². The lowest BCUT2D eigenvalue weighted by atomic mass is 9.79. The zero-order valence-corrected chi connectivity index (χ0v) is 7.95. The molecule has 0 amide bonds. The van der Waals surface area contributed by atoms with Gasteiger partial charge in [-0.1, -0.05) is 51.3 Å². The van der Waals surface area contributed by atoms with Gasteiger partial charge in [0.05, 0.1) is 0 Å². The maximum Gasteiger partial charge on any atom is 0.478 e. The molecule has 0 heterocycles. The molecule has 0 spiro atoms. The van der Waals surface area contributed by atoms with E-state index in [4.69, 9.17) is 0 Å². The summed E-state index contributed by atoms with van der Waals surface area (Å²) in [6.07, 6.45) is 6.66. The Bertz CT molecular complexity index is 138. The lowest BCUT2D eigenvalue weighted by Gasteiger charge is -2.22. The average Bonchev–Trinajstić information content (AvgIpc) is 2.04. The number of halogens is 3. The molecule has 0 bridgehead atoms. The Hall–Kier alpha value is -0.145. The van der Waals surface area contributed by atoms with Crippen LogP contribution in [-0.2, 0) is 0 Å². The minimum atomic E-state index is -4.53. The van der Waals surface area contributed by atoms with Gasteiger partial charge >= 0.3 is 6.98 Å². The summed E-state index contributed by atoms with van der Waals surface area (Å²) in [7, 11) is 0. The SMILES string of the molecule is F[B-](F)(F)CCCC1CCCCC1. The molecule has 0 atom stereocenters. The summed E-state index contributed by atoms with van der Waals surface area (Å²) in [5.74, 6) is 0.590. The molecule has 0 aromatic heterocycles. The van der Waals surface area contributed by atoms with Gasteiger partial charge in [-0.25, -0.2) is 0 Å². The highest BCUT2D eigenvalue weighted by molar-refractivity contribution is 6.58. The highest BCUT2D eigenvalue weighted by atomic mass is 19.4. The van der Waals surface area contributed by atoms with Gasteiger partial charge in [0.1, 0.15) is 0 Å². The van der Waals surface area contributed by atoms with Crippen LogP contribution in [0.3, 0.4) is 0 Å². The van der Waals surface area contributed by atoms with Crippen LogP contribution in [-0.4, -0.2) is 6.98 Å². The molecule has 0 saturated heterocycles. The van der Waals surface area contributed by atoms with Crippen molar-refractivity contribution in [3.8, 4) is 0 Å². The lowest BCUT2D eigenvalue weighted by molar-refractivity contribution is 0.332. The standard InChI is InChI=1S/C9H17BF3/c11-10(12,13)8-4-7-9-5-2-1-3-6-9/h9H,1-8H2/q-1. The fraction of sp³-hybridized carbons (Fsp3) is 1.00. The van der Waals surface area contributed by atoms with Crippen LogP contribution >= 0.6 is 0 Å². The first-order valence-corrected chi connectivity index (χ1v) is 5.29. The molecule has 1 aliphatic carbocycles. The summed E-state index contributed by atoms with van der Waals surface area (Å²) in [5.41, 5.74) is 0. The van der Waals surface area contributed by atoms with Gasteiger partial charge in [-0.15, -0.1) is 0 Å². The third kappa shape index (κ3) is 5.22. The second-order valence-electron chi connectivity index (χ2n) is 4.15. The number of hydrogen-bond donors (Lipinski definition) is 0. The first-order valence-electron chi connectivity index (χ1n) is 5.29. The maximum atomic E-state index is 11.9. The predicted octanol–water partition coefficient (Wildman–Crippen LogP) is 4.19. The predicted molar refractivity (Wildman–Crippen MR) is 49.7 cm³/mol. The summed E-state index contributed by atoms with van der Waals surface area (Å²) in [6.45, 7) is -4.53. The summed E-state index contributed by atoms with van der Waals surface area (Å²) >= 11 is 0. The lowest BCUT2D eigenvalue weighted by Crippen LogP contribution is -2.15. The van der Waals surface area contributed by atoms with Gasteiger partial charge in [0, 0.05) is 0 Å². The summed E-state index contributed by atoms with van der Waals surface area (Å²) in [5, 5.41) is 0. The molecule has 1 fully saturated rings. The van der Waals surface area contributed by atoms with Gasteiger partial charge in [-0.2, -0.15) is 0 Å². The normalized spacial score (nSPS) is 20.5. The third-order valence-corrected chi connectivity index (χ3v) is 2.87. The molecule has 0 aromatic carbocycles. The Morgan fingerprint density at radius 3 is 2.15 bits per heavy atom. The first-order chi connectivity index (χ1) is 6.08. The minimum absolute atomic E-state index is 0.355. The summed E-state index contributed by atoms with van der Waals surface area (Å²) < 4.78 is 35.6. The molecule has 0 nitrogen and oxygen atoms in total. The number of rotatable bonds is 4. The maximum absolute atomic E-state index is 11.9. The van der Waals surface area contributed by atoms with Gasteiger partial charge in [0.2, 0.25) is 0 Å². The van der Waals surface area contributed by atoms with Crippen LogP contribution in [0.2, 0.25) is 6.32 Å². The van der Waals surface area contributed by atoms with Crippen molar-refractivity contribution < 1.29 is 12.9 Å². The van der Waals surface area contributed by atoms with E-state index in [9.17, 15) is 12.9 Å². The van der Waals surface area contributed by atoms with Gasteiger partial charge in [0.25, 0.3) is 0 Å². The second kappa shape index (κ2) is 4.92. The smallest absolute Gasteiger partial charge is 0.449 e. The molecule has 0 N–H and O–H groups in total. The highest BCUT2D eigenvalue weighted by Crippen LogP contribution is 2.29. The molecule has 0 unspecified atom stereocenters. The van der Waals surface area contributed by atoms with Crippen LogP contribution in [0.1, 0.15) is 44.9 Å². The molecule has 1 aliphatic rings. The van der Waals surface area contributed by atoms with E-state index in [2.05, 4.69) is 0 Å². The van der Waals surface area contributed by atoms with Gasteiger partial charge in [-0.05, 0) is 5.92 Å². The van der Waals surface area contributed by atoms with Crippen molar-refractivity contribution in [1.29, 1.82) is 0 Å². The van der Waals surface area contributed by atoms with E-state index in [1.54, 1.807) is 0 Å². The Morgan fingerprint density at radius 1 is 1.00 bits per heavy atom. The van der Waals surface area contributed by atoms with E-state index in [0.717, 1.165) is 19.3 Å². The zero-order chi connectivity index (χ0) is 9.73. The van der Waals surface area contributed by atoms with Crippen LogP contribution in [0.4, 0.5) is 12.9 Å². The average molecular weight is 193 g/mol. The van der Waals surface area contributed by atoms with Crippen LogP contribution in [0.25, 0.3) is 0 Å². The van der Waals surface area contributed by atoms with Gasteiger partial charge in [-0.3, -0.25) is 0 Å². The molecule has 0 aromatic rings. The van der Waals surface area contributed by atoms with Gasteiger partial charge < -0.3 is 12.9 Å². The van der Waals surface area contributed by atoms with Gasteiger partial charge in [0.15, 0.2) is 0 Å². The van der Waals surface area contributed by atoms with Crippen molar-refractivity contribution >= 4 is 6.98 Å². The van der Waals surface area contributed by atoms with Crippen LogP contribution in [0.15, 0.2) is 0 Å². The fourth-order valence-electron chi connectivity index (χ4n) is 2.11. The first kappa shape index (κ1) is 10.9. The van der Waals surface area contributed by atoms with E-state index < -0.39 is 13.3 Å². The Kier molecular flexibility index (Phi) is 4.14. The molecule has 1 saturated carbocycles. The quantitative estimate of drug-likeness (QED) is 0.587. The Labute approximate surface area is 78.0 Å². The molecular weight excluding hydrogens is 176 g/mol. The summed E-state index contributed by atoms with van der Waals surface area (Å²) in [6, 6.07) is 0. The van der Waals surface area contributed by atoms with Crippen molar-refractivity contribution in [2.75, 3.05) is 0 Å². The minimum Gasteiger partial charge on any atom is -0.449 e. The van der Waals surface area contributed by atoms with Crippen molar-refractivity contribution in [3.05, 3.63) is 0 Å². The third-order valence-electron chi connectivity index (χ3n) is 2.87. The van der Waals surface area contributed by atoms with E-state index in [-0.39, 0.29) is 0 Å². The van der Waals surface area contributed by atoms with Crippen molar-refractivity contribution in [2.45, 2.75) is 51.3 Å². The van der Waals surface area contributed by atoms with Crippen LogP contribution in [0, 0.1) is 5.92 Å². The van der Waals surface area contributed by atoms with E-state index in [0.29, 0.717) is 12.3 Å². The molecule has 13 heavy (non-hydrogen) atoms. The van der Waals surface area contributed by atoms with E-state index >= 15 is 0 Å². The highest BCUT2D eigenvalue weighted by Gasteiger charge is 2.22. The topological polar surface area (TPSA) is 0 Å². The molecule has 0 radical (unpaired) electrons. The monoisotopic (exact) mass is 193 g/mol. The largest absolute Gasteiger partial charge is 0.478 e. The van der Waals surface area contributed by atoms with Crippen molar-refractivity contribution in [1.82, 2.24) is 0 Å². The fourth-order valence-corrected chi connectivity index (χ4v) is 2.11. The molecule has 4 heteroatoms. The van der Waals surface area contributed by atoms with E-state index in [1.165, 1.54) is 19.3 Å². The molecule has 0 aliphatic heterocycles. The van der Waals surface area contributed by atoms with Crippen LogP contribution in [0.5, 0.6) is 0 Å². The van der Waals surface area contributed by atoms with E-state index in [1.807, 2.05) is 0 Å². The Balaban J connectivity index is 2.04. The molecule has 78 valence electrons. The van der Waals surface area contributed by atoms with Crippen molar-refractivity contribution in [2.24, 2.45) is 5.92 Å². The Morgan fingerprint density at radius 2 is 1.62 bits per heavy atom. The second-order valence-corrected chi connectivity index (χ2v) is 4.15. The number of hydrogen-bond acceptors (Lipinski definition) is 0. The molecular formula is C9H17BF3-. The summed E-state index contributed by atoms with van der Waals surface area (Å²) in [4.78, 5) is 0. The van der Waals surface area contributed by atoms with Crippen LogP contribution < -0.4 is 0 Å². The zero-order valence-electron chi connectivity index (χ0n) is 7.95. The molecule has 1 rings (SSSR count).